The lowest BCUT2D eigenvalue weighted by atomic mass is 9.99. The number of hydrogen-bond acceptors (Lipinski definition) is 1. The predicted molar refractivity (Wildman–Crippen MR) is 121 cm³/mol. The van der Waals surface area contributed by atoms with Crippen LogP contribution < -0.4 is 15.7 Å². The van der Waals surface area contributed by atoms with Gasteiger partial charge in [-0.2, -0.15) is 5.09 Å². The Morgan fingerprint density at radius 2 is 1.28 bits per heavy atom. The second-order valence-corrected chi connectivity index (χ2v) is 9.61. The molecule has 1 atom stereocenters. The van der Waals surface area contributed by atoms with E-state index in [2.05, 4.69) is 9.93 Å². The Morgan fingerprint density at radius 3 is 1.83 bits per heavy atom. The Kier molecular flexibility index (Phi) is 5.07. The second-order valence-electron chi connectivity index (χ2n) is 7.14. The topological polar surface area (TPSA) is 33.5 Å². The van der Waals surface area contributed by atoms with Gasteiger partial charge >= 0.3 is 5.66 Å². The molecule has 0 aliphatic heterocycles. The highest BCUT2D eigenvalue weighted by Gasteiger charge is 2.42. The van der Waals surface area contributed by atoms with E-state index in [4.69, 9.17) is 6.57 Å². The van der Waals surface area contributed by atoms with Crippen LogP contribution in [0, 0.1) is 6.57 Å². The molecule has 0 saturated heterocycles. The van der Waals surface area contributed by atoms with Gasteiger partial charge in [-0.15, -0.1) is 0 Å². The molecule has 0 fully saturated rings. The van der Waals surface area contributed by atoms with E-state index in [0.29, 0.717) is 10.6 Å². The SMILES string of the molecule is [C-]#[N+][C@](C)(NP(=O)(c1ccccc1)c1ccccc1)c1ccc2ccccc2c1. The summed E-state index contributed by atoms with van der Waals surface area (Å²) in [6.07, 6.45) is 0. The van der Waals surface area contributed by atoms with Gasteiger partial charge in [0.1, 0.15) is 0 Å². The molecule has 0 saturated carbocycles. The lowest BCUT2D eigenvalue weighted by Crippen LogP contribution is -2.40. The molecule has 4 rings (SSSR count). The molecule has 0 amide bonds. The third-order valence-corrected chi connectivity index (χ3v) is 7.95. The molecule has 0 aliphatic rings. The van der Waals surface area contributed by atoms with Crippen molar-refractivity contribution in [1.82, 2.24) is 5.09 Å². The minimum atomic E-state index is -3.25. The van der Waals surface area contributed by atoms with Gasteiger partial charge in [0.2, 0.25) is 7.29 Å². The number of rotatable bonds is 5. The van der Waals surface area contributed by atoms with E-state index in [1.165, 1.54) is 0 Å². The molecule has 0 heterocycles. The average Bonchev–Trinajstić information content (AvgIpc) is 2.79. The summed E-state index contributed by atoms with van der Waals surface area (Å²) < 4.78 is 14.4. The van der Waals surface area contributed by atoms with Crippen molar-refractivity contribution in [2.24, 2.45) is 0 Å². The van der Waals surface area contributed by atoms with Gasteiger partial charge in [0.25, 0.3) is 0 Å². The maximum atomic E-state index is 14.4. The molecule has 0 radical (unpaired) electrons. The lowest BCUT2D eigenvalue weighted by molar-refractivity contribution is 0.522. The first kappa shape index (κ1) is 19.2. The summed E-state index contributed by atoms with van der Waals surface area (Å²) in [5, 5.41) is 6.80. The van der Waals surface area contributed by atoms with Crippen molar-refractivity contribution in [1.29, 1.82) is 0 Å². The van der Waals surface area contributed by atoms with E-state index in [9.17, 15) is 4.57 Å². The quantitative estimate of drug-likeness (QED) is 0.359. The Morgan fingerprint density at radius 1 is 0.759 bits per heavy atom. The summed E-state index contributed by atoms with van der Waals surface area (Å²) >= 11 is 0. The van der Waals surface area contributed by atoms with Gasteiger partial charge < -0.3 is 0 Å². The van der Waals surface area contributed by atoms with E-state index in [1.54, 1.807) is 6.92 Å². The summed E-state index contributed by atoms with van der Waals surface area (Å²) in [6.45, 7) is 9.74. The van der Waals surface area contributed by atoms with E-state index >= 15 is 0 Å². The normalized spacial score (nSPS) is 13.5. The fourth-order valence-electron chi connectivity index (χ4n) is 3.51. The third-order valence-electron chi connectivity index (χ3n) is 5.15. The van der Waals surface area contributed by atoms with Crippen molar-refractivity contribution in [3.05, 3.63) is 120 Å². The maximum absolute atomic E-state index is 14.4. The van der Waals surface area contributed by atoms with Crippen LogP contribution in [0.1, 0.15) is 12.5 Å². The van der Waals surface area contributed by atoms with Gasteiger partial charge in [-0.3, -0.25) is 9.41 Å². The molecule has 4 heteroatoms. The van der Waals surface area contributed by atoms with Crippen LogP contribution in [-0.2, 0) is 10.2 Å². The van der Waals surface area contributed by atoms with Gasteiger partial charge in [-0.05, 0) is 47.2 Å². The second kappa shape index (κ2) is 7.68. The van der Waals surface area contributed by atoms with E-state index in [-0.39, 0.29) is 0 Å². The molecule has 4 aromatic carbocycles. The van der Waals surface area contributed by atoms with Crippen molar-refractivity contribution in [2.75, 3.05) is 0 Å². The molecule has 0 unspecified atom stereocenters. The zero-order chi connectivity index (χ0) is 20.3. The van der Waals surface area contributed by atoms with Crippen LogP contribution >= 0.6 is 7.29 Å². The van der Waals surface area contributed by atoms with Crippen molar-refractivity contribution >= 4 is 28.7 Å². The molecule has 3 nitrogen and oxygen atoms in total. The molecular weight excluding hydrogens is 375 g/mol. The summed E-state index contributed by atoms with van der Waals surface area (Å²) in [7, 11) is -3.25. The zero-order valence-electron chi connectivity index (χ0n) is 16.1. The van der Waals surface area contributed by atoms with Crippen molar-refractivity contribution in [3.8, 4) is 0 Å². The van der Waals surface area contributed by atoms with Crippen LogP contribution in [-0.4, -0.2) is 0 Å². The lowest BCUT2D eigenvalue weighted by Gasteiger charge is -2.27. The van der Waals surface area contributed by atoms with E-state index < -0.39 is 13.0 Å². The molecule has 29 heavy (non-hydrogen) atoms. The first-order chi connectivity index (χ1) is 14.0. The first-order valence-electron chi connectivity index (χ1n) is 9.44. The number of nitrogens with zero attached hydrogens (tertiary/aromatic N) is 1. The number of benzene rings is 4. The van der Waals surface area contributed by atoms with Gasteiger partial charge in [-0.1, -0.05) is 66.7 Å². The molecule has 0 aliphatic carbocycles. The van der Waals surface area contributed by atoms with Crippen LogP contribution in [0.15, 0.2) is 103 Å². The van der Waals surface area contributed by atoms with Gasteiger partial charge in [0, 0.05) is 17.5 Å². The minimum absolute atomic E-state index is 0.682. The van der Waals surface area contributed by atoms with Gasteiger partial charge in [0.15, 0.2) is 0 Å². The summed E-state index contributed by atoms with van der Waals surface area (Å²) in [4.78, 5) is 3.90. The molecular formula is C25H21N2OP. The third kappa shape index (κ3) is 3.61. The van der Waals surface area contributed by atoms with Crippen LogP contribution in [0.2, 0.25) is 0 Å². The van der Waals surface area contributed by atoms with Gasteiger partial charge in [-0.25, -0.2) is 6.57 Å². The Bertz CT molecular complexity index is 1190. The standard InChI is InChI=1S/C25H21N2OP/c1-25(26-2,22-18-17-20-11-9-10-12-21(20)19-22)27-29(28,23-13-5-3-6-14-23)24-15-7-4-8-16-24/h3-19H,1H3,(H,27,28)/t25-/m1/s1. The number of fused-ring (bicyclic) bond motifs is 1. The van der Waals surface area contributed by atoms with E-state index in [0.717, 1.165) is 16.3 Å². The monoisotopic (exact) mass is 396 g/mol. The maximum Gasteiger partial charge on any atom is 0.315 e. The van der Waals surface area contributed by atoms with Crippen molar-refractivity contribution in [3.63, 3.8) is 0 Å². The van der Waals surface area contributed by atoms with Crippen LogP contribution in [0.3, 0.4) is 0 Å². The molecule has 1 N–H and O–H groups in total. The minimum Gasteiger partial charge on any atom is -0.296 e. The number of nitrogens with one attached hydrogen (secondary N) is 1. The summed E-state index contributed by atoms with van der Waals surface area (Å²) in [5.41, 5.74) is -0.357. The Hall–Kier alpha value is -3.18. The summed E-state index contributed by atoms with van der Waals surface area (Å²) in [5.74, 6) is 0. The molecule has 0 aromatic heterocycles. The zero-order valence-corrected chi connectivity index (χ0v) is 17.0. The fraction of sp³-hybridized carbons (Fsp3) is 0.0800. The Labute approximate surface area is 171 Å². The van der Waals surface area contributed by atoms with Crippen molar-refractivity contribution < 1.29 is 4.57 Å². The number of hydrogen-bond donors (Lipinski definition) is 1. The average molecular weight is 396 g/mol. The summed E-state index contributed by atoms with van der Waals surface area (Å²) in [6, 6.07) is 32.7. The molecule has 4 aromatic rings. The Balaban J connectivity index is 1.85. The van der Waals surface area contributed by atoms with Crippen LogP contribution in [0.25, 0.3) is 15.6 Å². The fourth-order valence-corrected chi connectivity index (χ4v) is 6.04. The highest BCUT2D eigenvalue weighted by molar-refractivity contribution is 7.77. The smallest absolute Gasteiger partial charge is 0.296 e. The van der Waals surface area contributed by atoms with Gasteiger partial charge in [0.05, 0.1) is 5.56 Å². The van der Waals surface area contributed by atoms with Crippen LogP contribution in [0.5, 0.6) is 0 Å². The predicted octanol–water partition coefficient (Wildman–Crippen LogP) is 5.45. The van der Waals surface area contributed by atoms with Crippen LogP contribution in [0.4, 0.5) is 0 Å². The first-order valence-corrected chi connectivity index (χ1v) is 11.1. The molecule has 0 spiro atoms. The largest absolute Gasteiger partial charge is 0.315 e. The highest BCUT2D eigenvalue weighted by Crippen LogP contribution is 2.44. The van der Waals surface area contributed by atoms with Crippen molar-refractivity contribution in [2.45, 2.75) is 12.6 Å². The molecule has 0 bridgehead atoms. The highest BCUT2D eigenvalue weighted by atomic mass is 31.2. The molecule has 142 valence electrons. The van der Waals surface area contributed by atoms with E-state index in [1.807, 2.05) is 103 Å².